The summed E-state index contributed by atoms with van der Waals surface area (Å²) < 4.78 is 0. The number of non-ortho nitro benzene ring substituents is 1. The average Bonchev–Trinajstić information content (AvgIpc) is 2.99. The highest BCUT2D eigenvalue weighted by Crippen LogP contribution is 2.14. The van der Waals surface area contributed by atoms with Gasteiger partial charge in [0.2, 0.25) is 5.91 Å². The number of nitrogens with one attached hydrogen (secondary N) is 2. The van der Waals surface area contributed by atoms with Crippen molar-refractivity contribution in [3.8, 4) is 0 Å². The molecule has 7 nitrogen and oxygen atoms in total. The van der Waals surface area contributed by atoms with Crippen molar-refractivity contribution < 1.29 is 9.72 Å². The molecule has 0 aliphatic rings. The smallest absolute Gasteiger partial charge is 0.270 e. The lowest BCUT2D eigenvalue weighted by Gasteiger charge is -2.09. The van der Waals surface area contributed by atoms with Gasteiger partial charge >= 0.3 is 0 Å². The van der Waals surface area contributed by atoms with Gasteiger partial charge in [0.1, 0.15) is 0 Å². The van der Waals surface area contributed by atoms with Crippen LogP contribution in [0.15, 0.2) is 42.7 Å². The van der Waals surface area contributed by atoms with E-state index in [1.165, 1.54) is 24.3 Å². The largest absolute Gasteiger partial charge is 0.346 e. The monoisotopic (exact) mass is 286 g/mol. The van der Waals surface area contributed by atoms with Gasteiger partial charge in [-0.25, -0.2) is 0 Å². The van der Waals surface area contributed by atoms with Crippen LogP contribution in [0, 0.1) is 10.1 Å². The van der Waals surface area contributed by atoms with Gasteiger partial charge in [0, 0.05) is 30.0 Å². The summed E-state index contributed by atoms with van der Waals surface area (Å²) in [6, 6.07) is 5.90. The molecule has 1 unspecified atom stereocenters. The van der Waals surface area contributed by atoms with Gasteiger partial charge in [0.15, 0.2) is 0 Å². The highest BCUT2D eigenvalue weighted by Gasteiger charge is 2.08. The topological polar surface area (TPSA) is 101 Å². The van der Waals surface area contributed by atoms with Crippen molar-refractivity contribution in [2.24, 2.45) is 0 Å². The zero-order valence-electron chi connectivity index (χ0n) is 11.3. The molecule has 0 aliphatic carbocycles. The average molecular weight is 286 g/mol. The normalized spacial score (nSPS) is 12.2. The maximum absolute atomic E-state index is 11.8. The minimum atomic E-state index is -0.474. The Labute approximate surface area is 120 Å². The molecule has 2 N–H and O–H groups in total. The molecule has 21 heavy (non-hydrogen) atoms. The Hall–Kier alpha value is -2.96. The first-order valence-corrected chi connectivity index (χ1v) is 6.28. The number of H-pyrrole nitrogens is 1. The Bertz CT molecular complexity index is 665. The number of hydrogen-bond acceptors (Lipinski definition) is 4. The van der Waals surface area contributed by atoms with Gasteiger partial charge in [0.05, 0.1) is 17.2 Å². The molecule has 1 aromatic heterocycles. The van der Waals surface area contributed by atoms with Crippen molar-refractivity contribution in [1.29, 1.82) is 0 Å². The molecule has 0 aliphatic heterocycles. The number of carbonyl (C=O) groups excluding carboxylic acids is 1. The van der Waals surface area contributed by atoms with Crippen LogP contribution in [-0.4, -0.2) is 21.0 Å². The van der Waals surface area contributed by atoms with Gasteiger partial charge in [-0.3, -0.25) is 20.0 Å². The van der Waals surface area contributed by atoms with Crippen molar-refractivity contribution in [1.82, 2.24) is 15.5 Å². The van der Waals surface area contributed by atoms with E-state index >= 15 is 0 Å². The number of rotatable bonds is 5. The minimum Gasteiger partial charge on any atom is -0.346 e. The van der Waals surface area contributed by atoms with Gasteiger partial charge in [-0.15, -0.1) is 0 Å². The van der Waals surface area contributed by atoms with Crippen LogP contribution in [0.25, 0.3) is 6.08 Å². The summed E-state index contributed by atoms with van der Waals surface area (Å²) in [6.45, 7) is 1.84. The predicted octanol–water partition coefficient (Wildman–Crippen LogP) is 2.21. The molecular weight excluding hydrogens is 272 g/mol. The SMILES string of the molecule is CC(NC(=O)/C=C/c1cccc([N+](=O)[O-])c1)c1cn[nH]c1. The van der Waals surface area contributed by atoms with E-state index < -0.39 is 4.92 Å². The summed E-state index contributed by atoms with van der Waals surface area (Å²) in [5, 5.41) is 19.9. The number of nitro benzene ring substituents is 1. The lowest BCUT2D eigenvalue weighted by molar-refractivity contribution is -0.384. The second kappa shape index (κ2) is 6.47. The van der Waals surface area contributed by atoms with Crippen LogP contribution in [0.5, 0.6) is 0 Å². The van der Waals surface area contributed by atoms with Gasteiger partial charge in [-0.05, 0) is 18.6 Å². The fraction of sp³-hybridized carbons (Fsp3) is 0.143. The molecule has 1 aromatic carbocycles. The Morgan fingerprint density at radius 3 is 3.00 bits per heavy atom. The van der Waals surface area contributed by atoms with Crippen LogP contribution in [0.4, 0.5) is 5.69 Å². The molecule has 0 radical (unpaired) electrons. The Morgan fingerprint density at radius 2 is 2.33 bits per heavy atom. The first-order chi connectivity index (χ1) is 10.1. The van der Waals surface area contributed by atoms with Crippen LogP contribution in [-0.2, 0) is 4.79 Å². The Balaban J connectivity index is 1.99. The van der Waals surface area contributed by atoms with E-state index in [0.29, 0.717) is 5.56 Å². The zero-order chi connectivity index (χ0) is 15.2. The van der Waals surface area contributed by atoms with Crippen LogP contribution >= 0.6 is 0 Å². The van der Waals surface area contributed by atoms with E-state index in [1.807, 2.05) is 6.92 Å². The van der Waals surface area contributed by atoms with Gasteiger partial charge in [-0.2, -0.15) is 5.10 Å². The standard InChI is InChI=1S/C14H14N4O3/c1-10(12-8-15-16-9-12)17-14(19)6-5-11-3-2-4-13(7-11)18(20)21/h2-10H,1H3,(H,15,16)(H,17,19)/b6-5+. The molecular formula is C14H14N4O3. The van der Waals surface area contributed by atoms with Crippen LogP contribution < -0.4 is 5.32 Å². The molecule has 108 valence electrons. The molecule has 0 saturated heterocycles. The number of aromatic nitrogens is 2. The van der Waals surface area contributed by atoms with Crippen molar-refractivity contribution in [3.05, 3.63) is 64.0 Å². The minimum absolute atomic E-state index is 0.00989. The third-order valence-corrected chi connectivity index (χ3v) is 2.89. The van der Waals surface area contributed by atoms with Gasteiger partial charge in [-0.1, -0.05) is 12.1 Å². The Morgan fingerprint density at radius 1 is 1.52 bits per heavy atom. The molecule has 0 saturated carbocycles. The molecule has 1 amide bonds. The number of amides is 1. The summed E-state index contributed by atoms with van der Waals surface area (Å²) in [4.78, 5) is 22.0. The molecule has 0 bridgehead atoms. The van der Waals surface area contributed by atoms with E-state index in [0.717, 1.165) is 5.56 Å². The van der Waals surface area contributed by atoms with Crippen LogP contribution in [0.1, 0.15) is 24.1 Å². The van der Waals surface area contributed by atoms with Crippen molar-refractivity contribution in [3.63, 3.8) is 0 Å². The van der Waals surface area contributed by atoms with Gasteiger partial charge < -0.3 is 5.32 Å². The first-order valence-electron chi connectivity index (χ1n) is 6.28. The highest BCUT2D eigenvalue weighted by atomic mass is 16.6. The summed E-state index contributed by atoms with van der Waals surface area (Å²) in [5.74, 6) is -0.282. The molecule has 0 spiro atoms. The van der Waals surface area contributed by atoms with Gasteiger partial charge in [0.25, 0.3) is 5.69 Å². The molecule has 1 atom stereocenters. The van der Waals surface area contributed by atoms with Crippen LogP contribution in [0.3, 0.4) is 0 Å². The molecule has 0 fully saturated rings. The number of nitrogens with zero attached hydrogens (tertiary/aromatic N) is 2. The number of benzene rings is 1. The molecule has 1 heterocycles. The summed E-state index contributed by atoms with van der Waals surface area (Å²) >= 11 is 0. The number of nitro groups is 1. The van der Waals surface area contributed by atoms with E-state index in [9.17, 15) is 14.9 Å². The third-order valence-electron chi connectivity index (χ3n) is 2.89. The molecule has 7 heteroatoms. The quantitative estimate of drug-likeness (QED) is 0.500. The van der Waals surface area contributed by atoms with Crippen molar-refractivity contribution in [2.45, 2.75) is 13.0 Å². The van der Waals surface area contributed by atoms with Crippen LogP contribution in [0.2, 0.25) is 0 Å². The molecule has 2 rings (SSSR count). The summed E-state index contributed by atoms with van der Waals surface area (Å²) in [6.07, 6.45) is 6.21. The van der Waals surface area contributed by atoms with E-state index in [4.69, 9.17) is 0 Å². The second-order valence-electron chi connectivity index (χ2n) is 4.45. The zero-order valence-corrected chi connectivity index (χ0v) is 11.3. The third kappa shape index (κ3) is 4.00. The predicted molar refractivity (Wildman–Crippen MR) is 77.3 cm³/mol. The van der Waals surface area contributed by atoms with E-state index in [1.54, 1.807) is 24.5 Å². The number of carbonyl (C=O) groups is 1. The lowest BCUT2D eigenvalue weighted by Crippen LogP contribution is -2.24. The second-order valence-corrected chi connectivity index (χ2v) is 4.45. The number of aromatic amines is 1. The van der Waals surface area contributed by atoms with E-state index in [-0.39, 0.29) is 17.6 Å². The van der Waals surface area contributed by atoms with Crippen molar-refractivity contribution >= 4 is 17.7 Å². The maximum atomic E-state index is 11.8. The summed E-state index contributed by atoms with van der Waals surface area (Å²) in [5.41, 5.74) is 1.45. The summed E-state index contributed by atoms with van der Waals surface area (Å²) in [7, 11) is 0. The molecule has 2 aromatic rings. The maximum Gasteiger partial charge on any atom is 0.270 e. The first kappa shape index (κ1) is 14.4. The Kier molecular flexibility index (Phi) is 4.45. The lowest BCUT2D eigenvalue weighted by atomic mass is 10.1. The van der Waals surface area contributed by atoms with E-state index in [2.05, 4.69) is 15.5 Å². The fourth-order valence-electron chi connectivity index (χ4n) is 1.76. The fourth-order valence-corrected chi connectivity index (χ4v) is 1.76. The number of hydrogen-bond donors (Lipinski definition) is 2. The van der Waals surface area contributed by atoms with Crippen molar-refractivity contribution in [2.75, 3.05) is 0 Å². The highest BCUT2D eigenvalue weighted by molar-refractivity contribution is 5.92.